The number of aliphatic hydroxyl groups excluding tert-OH is 2. The monoisotopic (exact) mass is 1240 g/mol. The van der Waals surface area contributed by atoms with E-state index in [4.69, 9.17) is 19.3 Å². The van der Waals surface area contributed by atoms with Crippen LogP contribution in [-0.2, 0) is 78.8 Å². The van der Waals surface area contributed by atoms with Crippen molar-refractivity contribution < 1.29 is 62.5 Å². The van der Waals surface area contributed by atoms with Crippen LogP contribution in [0, 0.1) is 19.8 Å². The predicted molar refractivity (Wildman–Crippen MR) is 335 cm³/mol. The summed E-state index contributed by atoms with van der Waals surface area (Å²) >= 11 is 0. The van der Waals surface area contributed by atoms with Crippen molar-refractivity contribution >= 4 is 35.3 Å². The van der Waals surface area contributed by atoms with Crippen LogP contribution in [-0.4, -0.2) is 147 Å². The molecule has 0 aliphatic carbocycles. The number of methoxy groups -OCH3 is 1. The van der Waals surface area contributed by atoms with Gasteiger partial charge in [0.05, 0.1) is 116 Å². The molecule has 478 valence electrons. The van der Waals surface area contributed by atoms with Gasteiger partial charge in [-0.15, -0.1) is 0 Å². The number of aryl methyl sites for hydroxylation is 2. The Balaban J connectivity index is 0.000000174. The third-order valence-electron chi connectivity index (χ3n) is 15.7. The number of hydrogen-bond acceptors (Lipinski definition) is 18. The molecule has 2 amide bonds. The summed E-state index contributed by atoms with van der Waals surface area (Å²) < 4.78 is 44.3. The van der Waals surface area contributed by atoms with Gasteiger partial charge in [0.25, 0.3) is 0 Å². The van der Waals surface area contributed by atoms with Crippen molar-refractivity contribution in [1.29, 1.82) is 0 Å². The molecule has 10 rings (SSSR count). The number of likely N-dealkylation sites (tertiary alicyclic amines) is 1. The highest BCUT2D eigenvalue weighted by Crippen LogP contribution is 2.35. The first-order valence-corrected chi connectivity index (χ1v) is 29.9. The molecule has 90 heavy (non-hydrogen) atoms. The van der Waals surface area contributed by atoms with Gasteiger partial charge in [-0.1, -0.05) is 90.0 Å². The zero-order valence-electron chi connectivity index (χ0n) is 52.2. The molecule has 0 unspecified atom stereocenters. The van der Waals surface area contributed by atoms with Gasteiger partial charge in [0.2, 0.25) is 29.5 Å². The summed E-state index contributed by atoms with van der Waals surface area (Å²) in [5.41, 5.74) is 10.3. The lowest BCUT2D eigenvalue weighted by atomic mass is 9.85. The van der Waals surface area contributed by atoms with Crippen molar-refractivity contribution in [3.8, 4) is 0 Å². The number of rotatable bonds is 22. The Bertz CT molecular complexity index is 3540. The maximum atomic E-state index is 12.9. The van der Waals surface area contributed by atoms with E-state index < -0.39 is 29.9 Å². The first-order chi connectivity index (χ1) is 43.0. The number of aliphatic imine (C=N–C) groups is 3. The minimum atomic E-state index is -2.84. The van der Waals surface area contributed by atoms with Crippen molar-refractivity contribution in [3.63, 3.8) is 0 Å². The summed E-state index contributed by atoms with van der Waals surface area (Å²) in [5, 5.41) is 45.6. The Labute approximate surface area is 523 Å². The number of aromatic nitrogens is 3. The summed E-state index contributed by atoms with van der Waals surface area (Å²) in [4.78, 5) is 66.7. The van der Waals surface area contributed by atoms with Gasteiger partial charge in [0.1, 0.15) is 19.0 Å². The SMILES string of the molecule is COC1=NCc2cc(CC(=O)C[C@@H]3CN(C)C[C@H]3c3ccccc3)nc(CO)c21.Cc1ccc([C@H](NC(=O)Cc2cc3c(cn2)C(OCCO)=NC3)C(C)(C)O)cc1.Cc1ccc([C@H](NC(=O)Cc2cc3c(cn2)C(OCCOC(F)F)=NC3)C(C)(C)O)cc1. The van der Waals surface area contributed by atoms with Crippen molar-refractivity contribution in [3.05, 3.63) is 193 Å². The molecule has 6 N–H and O–H groups in total. The van der Waals surface area contributed by atoms with Crippen molar-refractivity contribution in [1.82, 2.24) is 30.5 Å². The molecule has 1 fully saturated rings. The molecule has 6 aromatic rings. The van der Waals surface area contributed by atoms with Crippen LogP contribution in [0.2, 0.25) is 0 Å². The van der Waals surface area contributed by atoms with Gasteiger partial charge in [-0.05, 0) is 106 Å². The number of aliphatic hydroxyl groups is 4. The quantitative estimate of drug-likeness (QED) is 0.0366. The van der Waals surface area contributed by atoms with Crippen LogP contribution in [0.5, 0.6) is 0 Å². The number of halogens is 2. The number of carbonyl (C=O) groups is 3. The highest BCUT2D eigenvalue weighted by atomic mass is 19.3. The molecule has 0 saturated carbocycles. The van der Waals surface area contributed by atoms with Crippen LogP contribution in [0.1, 0.15) is 136 Å². The number of fused-ring (bicyclic) bond motifs is 3. The zero-order valence-corrected chi connectivity index (χ0v) is 52.2. The second-order valence-corrected chi connectivity index (χ2v) is 23.9. The van der Waals surface area contributed by atoms with E-state index in [9.17, 15) is 38.5 Å². The van der Waals surface area contributed by atoms with Crippen molar-refractivity contribution in [2.45, 2.75) is 129 Å². The van der Waals surface area contributed by atoms with Gasteiger partial charge < -0.3 is 54.9 Å². The van der Waals surface area contributed by atoms with Crippen LogP contribution >= 0.6 is 0 Å². The molecular weight excluding hydrogens is 1160 g/mol. The smallest absolute Gasteiger partial charge is 0.345 e. The highest BCUT2D eigenvalue weighted by molar-refractivity contribution is 5.99. The molecule has 0 bridgehead atoms. The van der Waals surface area contributed by atoms with Gasteiger partial charge in [0.15, 0.2) is 0 Å². The Morgan fingerprint density at radius 2 is 1.16 bits per heavy atom. The van der Waals surface area contributed by atoms with E-state index in [-0.39, 0.29) is 69.9 Å². The number of benzene rings is 3. The van der Waals surface area contributed by atoms with Crippen LogP contribution < -0.4 is 10.6 Å². The van der Waals surface area contributed by atoms with Crippen LogP contribution in [0.25, 0.3) is 0 Å². The average molecular weight is 1240 g/mol. The van der Waals surface area contributed by atoms with E-state index in [2.05, 4.69) is 81.5 Å². The fraction of sp³-hybridized carbons (Fsp3) is 0.426. The Morgan fingerprint density at radius 3 is 1.64 bits per heavy atom. The number of amides is 2. The van der Waals surface area contributed by atoms with Gasteiger partial charge in [-0.25, -0.2) is 15.0 Å². The van der Waals surface area contributed by atoms with Crippen LogP contribution in [0.4, 0.5) is 8.78 Å². The summed E-state index contributed by atoms with van der Waals surface area (Å²) in [6, 6.07) is 30.3. The van der Waals surface area contributed by atoms with Gasteiger partial charge in [-0.3, -0.25) is 29.3 Å². The number of alkyl halides is 2. The number of pyridine rings is 3. The van der Waals surface area contributed by atoms with E-state index in [0.717, 1.165) is 63.2 Å². The summed E-state index contributed by atoms with van der Waals surface area (Å²) in [6.45, 7) is 10.6. The number of likely N-dealkylation sites (N-methyl/N-ethyl adjacent to an activating group) is 1. The normalized spacial score (nSPS) is 16.4. The molecule has 3 aromatic carbocycles. The third kappa shape index (κ3) is 18.4. The lowest BCUT2D eigenvalue weighted by molar-refractivity contribution is -0.134. The molecule has 0 radical (unpaired) electrons. The van der Waals surface area contributed by atoms with Gasteiger partial charge in [-0.2, -0.15) is 8.78 Å². The predicted octanol–water partition coefficient (Wildman–Crippen LogP) is 7.23. The van der Waals surface area contributed by atoms with Crippen LogP contribution in [0.3, 0.4) is 0 Å². The molecular formula is C68H81F2N9O11. The zero-order chi connectivity index (χ0) is 64.7. The maximum Gasteiger partial charge on any atom is 0.345 e. The summed E-state index contributed by atoms with van der Waals surface area (Å²) in [5.74, 6) is 1.68. The Hall–Kier alpha value is -8.25. The second-order valence-electron chi connectivity index (χ2n) is 23.9. The molecule has 0 spiro atoms. The minimum Gasteiger partial charge on any atom is -0.481 e. The Kier molecular flexibility index (Phi) is 23.3. The first-order valence-electron chi connectivity index (χ1n) is 29.9. The average Bonchev–Trinajstić information content (AvgIpc) is 1.84. The number of nitrogens with one attached hydrogen (secondary N) is 2. The standard InChI is InChI=1S/C23H27F2N3O4.C23H27N3O3.C22H27N3O4/c1-14-4-6-15(7-5-14)20(23(2,3)30)28-19(29)11-17-10-16-12-27-21(18(16)13-26-17)31-8-9-32-22(24)25;1-26-12-17(20(13-26)15-6-4-3-5-7-15)9-19(28)10-18-8-16-11-24-23(29-2)22(16)21(14-27)25-18;1-14-4-6-15(7-5-14)20(22(2,3)28)25-19(27)11-17-10-16-12-24-21(29-9-8-26)18(16)13-23-17/h4-7,10,13,20,22,30H,8-9,11-12H2,1-3H3,(H,28,29);3-8,17,20,27H,9-14H2,1-2H3;4-7,10,13,20,26,28H,8-9,11-12H2,1-3H3,(H,25,27)/t20-;17-,20+;20-/m010/s1. The lowest BCUT2D eigenvalue weighted by Crippen LogP contribution is -2.42. The Morgan fingerprint density at radius 1 is 0.656 bits per heavy atom. The highest BCUT2D eigenvalue weighted by Gasteiger charge is 2.35. The van der Waals surface area contributed by atoms with Gasteiger partial charge >= 0.3 is 6.61 Å². The first kappa shape index (κ1) is 67.7. The van der Waals surface area contributed by atoms with Crippen LogP contribution in [0.15, 0.2) is 124 Å². The lowest BCUT2D eigenvalue weighted by Gasteiger charge is -2.30. The molecule has 1 saturated heterocycles. The maximum absolute atomic E-state index is 12.9. The summed E-state index contributed by atoms with van der Waals surface area (Å²) in [6.07, 6.45) is 4.16. The molecule has 4 atom stereocenters. The number of ether oxygens (including phenoxy) is 4. The molecule has 3 aromatic heterocycles. The second kappa shape index (κ2) is 31.0. The fourth-order valence-corrected chi connectivity index (χ4v) is 11.3. The molecule has 4 aliphatic heterocycles. The van der Waals surface area contributed by atoms with Crippen molar-refractivity contribution in [2.24, 2.45) is 20.9 Å². The third-order valence-corrected chi connectivity index (χ3v) is 15.7. The van der Waals surface area contributed by atoms with Crippen molar-refractivity contribution in [2.75, 3.05) is 53.7 Å². The summed E-state index contributed by atoms with van der Waals surface area (Å²) in [7, 11) is 3.68. The molecule has 22 heteroatoms. The van der Waals surface area contributed by atoms with E-state index in [1.165, 1.54) is 5.56 Å². The minimum absolute atomic E-state index is 0.0319. The number of ketones is 1. The molecule has 7 heterocycles. The molecule has 20 nitrogen and oxygen atoms in total. The number of hydrogen-bond donors (Lipinski definition) is 6. The van der Waals surface area contributed by atoms with E-state index >= 15 is 0 Å². The topological polar surface area (TPSA) is 272 Å². The number of nitrogens with zero attached hydrogens (tertiary/aromatic N) is 7. The molecule has 4 aliphatic rings. The van der Waals surface area contributed by atoms with Gasteiger partial charge in [0, 0.05) is 49.9 Å². The van der Waals surface area contributed by atoms with E-state index in [0.29, 0.717) is 83.9 Å². The number of carbonyl (C=O) groups excluding carboxylic acids is 3. The van der Waals surface area contributed by atoms with E-state index in [1.54, 1.807) is 53.3 Å². The largest absolute Gasteiger partial charge is 0.481 e. The number of Topliss-reactive ketones (excluding diaryl/α,β-unsaturated/α-hetero) is 1. The fourth-order valence-electron chi connectivity index (χ4n) is 11.3. The van der Waals surface area contributed by atoms with E-state index in [1.807, 2.05) is 80.6 Å².